The number of nitrogens with one attached hydrogen (secondary N) is 2. The molecule has 5 N–H and O–H groups in total. The van der Waals surface area contributed by atoms with Gasteiger partial charge in [0.05, 0.1) is 17.8 Å². The summed E-state index contributed by atoms with van der Waals surface area (Å²) in [6.45, 7) is 9.66. The monoisotopic (exact) mass is 638 g/mol. The lowest BCUT2D eigenvalue weighted by molar-refractivity contribution is -0.141. The molecular formula is C32H42N6O6S. The second kappa shape index (κ2) is 13.1. The van der Waals surface area contributed by atoms with E-state index in [2.05, 4.69) is 15.6 Å². The Morgan fingerprint density at radius 1 is 1.09 bits per heavy atom. The number of alkyl carbamates (subject to hydrolysis) is 1. The third-order valence-electron chi connectivity index (χ3n) is 8.05. The van der Waals surface area contributed by atoms with Gasteiger partial charge in [0, 0.05) is 35.4 Å². The highest BCUT2D eigenvalue weighted by molar-refractivity contribution is 7.14. The van der Waals surface area contributed by atoms with Gasteiger partial charge in [-0.15, -0.1) is 11.3 Å². The summed E-state index contributed by atoms with van der Waals surface area (Å²) in [6.07, 6.45) is 2.40. The number of carbonyl (C=O) groups excluding carboxylic acids is 3. The quantitative estimate of drug-likeness (QED) is 0.257. The van der Waals surface area contributed by atoms with Crippen LogP contribution in [-0.4, -0.2) is 74.8 Å². The number of amides is 3. The molecule has 0 unspecified atom stereocenters. The molecule has 3 atom stereocenters. The lowest BCUT2D eigenvalue weighted by Gasteiger charge is -2.34. The summed E-state index contributed by atoms with van der Waals surface area (Å²) < 4.78 is 12.1. The van der Waals surface area contributed by atoms with Crippen molar-refractivity contribution in [3.63, 3.8) is 0 Å². The molecule has 13 heteroatoms. The van der Waals surface area contributed by atoms with Crippen LogP contribution in [0.2, 0.25) is 0 Å². The zero-order chi connectivity index (χ0) is 32.5. The summed E-state index contributed by atoms with van der Waals surface area (Å²) in [5.41, 5.74) is 6.81. The number of phenolic OH excluding ortho intramolecular Hbond substituents is 1. The number of ether oxygens (including phenoxy) is 2. The number of nitrogens with zero attached hydrogens (tertiary/aromatic N) is 3. The molecule has 1 saturated heterocycles. The molecule has 2 fully saturated rings. The predicted molar refractivity (Wildman–Crippen MR) is 172 cm³/mol. The maximum absolute atomic E-state index is 14.0. The fraction of sp³-hybridized carbons (Fsp3) is 0.531. The Morgan fingerprint density at radius 2 is 1.82 bits per heavy atom. The molecule has 3 aromatic rings. The average molecular weight is 639 g/mol. The van der Waals surface area contributed by atoms with Gasteiger partial charge in [0.15, 0.2) is 5.13 Å². The number of carbonyl (C=O) groups is 3. The first kappa shape index (κ1) is 32.3. The van der Waals surface area contributed by atoms with Crippen molar-refractivity contribution >= 4 is 45.3 Å². The minimum atomic E-state index is -0.957. The van der Waals surface area contributed by atoms with E-state index in [0.29, 0.717) is 28.0 Å². The number of pyridine rings is 1. The highest BCUT2D eigenvalue weighted by Crippen LogP contribution is 2.36. The SMILES string of the molecule is CC(C)Nc1nc(-c2cc(O[C@@H]3C[C@@H](C(N)=O)N(C(=O)[C@@H](NC(=O)OC4CCCC4)C(C)(C)C)C3)c3ccc(O)cc3n2)cs1. The molecule has 1 aromatic carbocycles. The van der Waals surface area contributed by atoms with Crippen molar-refractivity contribution in [3.8, 4) is 22.9 Å². The Kier molecular flexibility index (Phi) is 9.38. The van der Waals surface area contributed by atoms with E-state index in [1.165, 1.54) is 16.2 Å². The van der Waals surface area contributed by atoms with Crippen molar-refractivity contribution in [2.45, 2.75) is 97.1 Å². The Labute approximate surface area is 266 Å². The van der Waals surface area contributed by atoms with E-state index in [9.17, 15) is 19.5 Å². The van der Waals surface area contributed by atoms with E-state index in [0.717, 1.165) is 30.8 Å². The topological polar surface area (TPSA) is 169 Å². The second-order valence-corrected chi connectivity index (χ2v) is 14.0. The van der Waals surface area contributed by atoms with E-state index < -0.39 is 41.5 Å². The van der Waals surface area contributed by atoms with Crippen LogP contribution in [0.25, 0.3) is 22.3 Å². The van der Waals surface area contributed by atoms with Crippen LogP contribution in [0.1, 0.15) is 66.7 Å². The lowest BCUT2D eigenvalue weighted by atomic mass is 9.85. The summed E-state index contributed by atoms with van der Waals surface area (Å²) in [5.74, 6) is -0.571. The Morgan fingerprint density at radius 3 is 2.49 bits per heavy atom. The fourth-order valence-electron chi connectivity index (χ4n) is 5.82. The number of nitrogens with two attached hydrogens (primary N) is 1. The number of anilines is 1. The van der Waals surface area contributed by atoms with Crippen LogP contribution in [0, 0.1) is 5.41 Å². The van der Waals surface area contributed by atoms with Crippen molar-refractivity contribution in [2.24, 2.45) is 11.1 Å². The maximum atomic E-state index is 14.0. The maximum Gasteiger partial charge on any atom is 0.408 e. The van der Waals surface area contributed by atoms with Crippen molar-refractivity contribution < 1.29 is 29.0 Å². The number of primary amides is 1. The molecule has 1 saturated carbocycles. The molecule has 0 spiro atoms. The normalized spacial score (nSPS) is 19.6. The smallest absolute Gasteiger partial charge is 0.408 e. The predicted octanol–water partition coefficient (Wildman–Crippen LogP) is 4.80. The second-order valence-electron chi connectivity index (χ2n) is 13.2. The van der Waals surface area contributed by atoms with Crippen LogP contribution in [-0.2, 0) is 14.3 Å². The minimum Gasteiger partial charge on any atom is -0.508 e. The summed E-state index contributed by atoms with van der Waals surface area (Å²) in [7, 11) is 0. The molecule has 45 heavy (non-hydrogen) atoms. The number of rotatable bonds is 9. The number of thiazole rings is 1. The Bertz CT molecular complexity index is 1560. The van der Waals surface area contributed by atoms with Gasteiger partial charge in [0.1, 0.15) is 41.5 Å². The molecular weight excluding hydrogens is 596 g/mol. The number of hydrogen-bond acceptors (Lipinski definition) is 10. The zero-order valence-corrected chi connectivity index (χ0v) is 27.1. The number of likely N-dealkylation sites (tertiary alicyclic amines) is 1. The van der Waals surface area contributed by atoms with Crippen molar-refractivity contribution in [1.82, 2.24) is 20.2 Å². The van der Waals surface area contributed by atoms with Gasteiger partial charge >= 0.3 is 6.09 Å². The average Bonchev–Trinajstić information content (AvgIpc) is 3.72. The van der Waals surface area contributed by atoms with Crippen LogP contribution >= 0.6 is 11.3 Å². The first-order valence-electron chi connectivity index (χ1n) is 15.4. The number of fused-ring (bicyclic) bond motifs is 1. The number of aromatic hydroxyl groups is 1. The standard InChI is InChI=1S/C32H42N6O6S/c1-17(2)34-30-36-24(16-45-30)23-14-26(21-11-10-18(39)12-22(21)35-23)43-20-13-25(28(33)40)38(15-20)29(41)27(32(3,4)5)37-31(42)44-19-8-6-7-9-19/h10-12,14,16-17,19-20,25,27,39H,6-9,13,15H2,1-5H3,(H2,33,40)(H,34,36)(H,37,42)/t20-,25+,27-/m1/s1. The van der Waals surface area contributed by atoms with Gasteiger partial charge in [-0.2, -0.15) is 0 Å². The van der Waals surface area contributed by atoms with Gasteiger partial charge in [-0.05, 0) is 57.1 Å². The van der Waals surface area contributed by atoms with Gasteiger partial charge in [-0.3, -0.25) is 9.59 Å². The van der Waals surface area contributed by atoms with Gasteiger partial charge in [0.25, 0.3) is 0 Å². The zero-order valence-electron chi connectivity index (χ0n) is 26.3. The van der Waals surface area contributed by atoms with E-state index in [4.69, 9.17) is 20.2 Å². The highest BCUT2D eigenvalue weighted by atomic mass is 32.1. The van der Waals surface area contributed by atoms with Gasteiger partial charge < -0.3 is 35.8 Å². The lowest BCUT2D eigenvalue weighted by Crippen LogP contribution is -2.57. The van der Waals surface area contributed by atoms with Crippen LogP contribution in [0.5, 0.6) is 11.5 Å². The first-order chi connectivity index (χ1) is 21.3. The first-order valence-corrected chi connectivity index (χ1v) is 16.3. The third-order valence-corrected chi connectivity index (χ3v) is 8.83. The van der Waals surface area contributed by atoms with Crippen molar-refractivity contribution in [3.05, 3.63) is 29.6 Å². The van der Waals surface area contributed by atoms with E-state index in [-0.39, 0.29) is 30.9 Å². The van der Waals surface area contributed by atoms with E-state index in [1.807, 2.05) is 40.0 Å². The van der Waals surface area contributed by atoms with Crippen LogP contribution < -0.4 is 21.1 Å². The molecule has 0 radical (unpaired) electrons. The third kappa shape index (κ3) is 7.58. The van der Waals surface area contributed by atoms with Crippen LogP contribution in [0.15, 0.2) is 29.6 Å². The molecule has 1 aliphatic carbocycles. The molecule has 2 aliphatic rings. The highest BCUT2D eigenvalue weighted by Gasteiger charge is 2.45. The number of hydrogen-bond donors (Lipinski definition) is 4. The Hall–Kier alpha value is -4.13. The molecule has 2 aromatic heterocycles. The van der Waals surface area contributed by atoms with Crippen LogP contribution in [0.3, 0.4) is 0 Å². The minimum absolute atomic E-state index is 0.0529. The van der Waals surface area contributed by atoms with Crippen molar-refractivity contribution in [1.29, 1.82) is 0 Å². The molecule has 5 rings (SSSR count). The van der Waals surface area contributed by atoms with E-state index in [1.54, 1.807) is 24.3 Å². The molecule has 3 amide bonds. The molecule has 242 valence electrons. The molecule has 1 aliphatic heterocycles. The van der Waals surface area contributed by atoms with Gasteiger partial charge in [-0.1, -0.05) is 20.8 Å². The van der Waals surface area contributed by atoms with E-state index >= 15 is 0 Å². The summed E-state index contributed by atoms with van der Waals surface area (Å²) in [5, 5.41) is 19.5. The fourth-order valence-corrected chi connectivity index (χ4v) is 6.67. The summed E-state index contributed by atoms with van der Waals surface area (Å²) >= 11 is 1.46. The Balaban J connectivity index is 1.40. The van der Waals surface area contributed by atoms with Crippen molar-refractivity contribution in [2.75, 3.05) is 11.9 Å². The largest absolute Gasteiger partial charge is 0.508 e. The molecule has 3 heterocycles. The molecule has 12 nitrogen and oxygen atoms in total. The summed E-state index contributed by atoms with van der Waals surface area (Å²) in [6, 6.07) is 4.90. The van der Waals surface area contributed by atoms with Gasteiger partial charge in [0.2, 0.25) is 11.8 Å². The van der Waals surface area contributed by atoms with Crippen LogP contribution in [0.4, 0.5) is 9.93 Å². The number of benzene rings is 1. The number of aromatic nitrogens is 2. The van der Waals surface area contributed by atoms with Gasteiger partial charge in [-0.25, -0.2) is 14.8 Å². The number of phenols is 1. The summed E-state index contributed by atoms with van der Waals surface area (Å²) in [4.78, 5) is 50.2. The molecule has 0 bridgehead atoms.